The Bertz CT molecular complexity index is 610. The molecule has 0 saturated carbocycles. The molecule has 2 heterocycles. The van der Waals surface area contributed by atoms with Crippen LogP contribution in [0.5, 0.6) is 5.75 Å². The molecule has 1 fully saturated rings. The summed E-state index contributed by atoms with van der Waals surface area (Å²) < 4.78 is 5.13. The van der Waals surface area contributed by atoms with Gasteiger partial charge in [-0.3, -0.25) is 10.00 Å². The molecule has 0 bridgehead atoms. The van der Waals surface area contributed by atoms with Crippen molar-refractivity contribution >= 4 is 5.97 Å². The number of aliphatic carboxylic acids is 1. The average molecular weight is 301 g/mol. The van der Waals surface area contributed by atoms with E-state index in [2.05, 4.69) is 15.1 Å². The van der Waals surface area contributed by atoms with E-state index in [9.17, 15) is 4.79 Å². The molecule has 0 amide bonds. The first-order chi connectivity index (χ1) is 10.7. The fourth-order valence-electron chi connectivity index (χ4n) is 2.82. The topological polar surface area (TPSA) is 78.5 Å². The molecular weight excluding hydrogens is 282 g/mol. The second-order valence-electron chi connectivity index (χ2n) is 5.56. The van der Waals surface area contributed by atoms with Gasteiger partial charge < -0.3 is 9.84 Å². The Morgan fingerprint density at radius 2 is 2.18 bits per heavy atom. The fraction of sp³-hybridized carbons (Fsp3) is 0.375. The highest BCUT2D eigenvalue weighted by molar-refractivity contribution is 5.68. The highest BCUT2D eigenvalue weighted by Gasteiger charge is 2.24. The predicted octanol–water partition coefficient (Wildman–Crippen LogP) is 1.86. The second kappa shape index (κ2) is 6.62. The number of benzene rings is 1. The number of carboxylic acids is 1. The molecule has 1 aliphatic heterocycles. The Hall–Kier alpha value is -2.34. The zero-order valence-corrected chi connectivity index (χ0v) is 12.2. The Morgan fingerprint density at radius 3 is 2.86 bits per heavy atom. The maximum absolute atomic E-state index is 10.5. The highest BCUT2D eigenvalue weighted by Crippen LogP contribution is 2.26. The number of nitrogens with one attached hydrogen (secondary N) is 1. The minimum atomic E-state index is -0.967. The van der Waals surface area contributed by atoms with Crippen LogP contribution in [0.4, 0.5) is 0 Å². The Kier molecular flexibility index (Phi) is 4.39. The number of hydrogen-bond acceptors (Lipinski definition) is 4. The summed E-state index contributed by atoms with van der Waals surface area (Å²) in [5, 5.41) is 15.7. The molecule has 22 heavy (non-hydrogen) atoms. The molecule has 1 atom stereocenters. The van der Waals surface area contributed by atoms with Crippen molar-refractivity contribution in [3.8, 4) is 5.75 Å². The first kappa shape index (κ1) is 14.6. The molecule has 3 rings (SSSR count). The molecule has 2 N–H and O–H groups in total. The van der Waals surface area contributed by atoms with Crippen molar-refractivity contribution < 1.29 is 14.6 Å². The predicted molar refractivity (Wildman–Crippen MR) is 80.8 cm³/mol. The van der Waals surface area contributed by atoms with Crippen LogP contribution in [0.25, 0.3) is 0 Å². The van der Waals surface area contributed by atoms with Gasteiger partial charge in [-0.15, -0.1) is 0 Å². The van der Waals surface area contributed by atoms with Crippen molar-refractivity contribution in [2.45, 2.75) is 18.9 Å². The van der Waals surface area contributed by atoms with Crippen molar-refractivity contribution in [1.29, 1.82) is 0 Å². The SMILES string of the molecule is O=C(O)COc1ccc(CN2CC[C@@H](c3ccn[nH]3)C2)cc1. The number of H-pyrrole nitrogens is 1. The average Bonchev–Trinajstić information content (AvgIpc) is 3.17. The summed E-state index contributed by atoms with van der Waals surface area (Å²) in [7, 11) is 0. The monoisotopic (exact) mass is 301 g/mol. The molecule has 6 heteroatoms. The standard InChI is InChI=1S/C16H19N3O3/c20-16(21)11-22-14-3-1-12(2-4-14)9-19-8-6-13(10-19)15-5-7-17-18-15/h1-5,7,13H,6,8-11H2,(H,17,18)(H,20,21)/t13-/m1/s1. The number of likely N-dealkylation sites (tertiary alicyclic amines) is 1. The minimum absolute atomic E-state index is 0.308. The van der Waals surface area contributed by atoms with Gasteiger partial charge in [0, 0.05) is 30.9 Å². The zero-order valence-electron chi connectivity index (χ0n) is 12.2. The van der Waals surface area contributed by atoms with Crippen molar-refractivity contribution in [2.75, 3.05) is 19.7 Å². The third kappa shape index (κ3) is 3.65. The number of nitrogens with zero attached hydrogens (tertiary/aromatic N) is 2. The number of aromatic nitrogens is 2. The number of aromatic amines is 1. The first-order valence-electron chi connectivity index (χ1n) is 7.36. The van der Waals surface area contributed by atoms with Gasteiger partial charge in [0.1, 0.15) is 5.75 Å². The number of rotatable bonds is 6. The van der Waals surface area contributed by atoms with E-state index in [1.807, 2.05) is 30.3 Å². The van der Waals surface area contributed by atoms with Crippen LogP contribution < -0.4 is 4.74 Å². The Balaban J connectivity index is 1.52. The van der Waals surface area contributed by atoms with E-state index >= 15 is 0 Å². The van der Waals surface area contributed by atoms with E-state index in [1.165, 1.54) is 11.3 Å². The van der Waals surface area contributed by atoms with Gasteiger partial charge >= 0.3 is 5.97 Å². The lowest BCUT2D eigenvalue weighted by atomic mass is 10.1. The van der Waals surface area contributed by atoms with E-state index in [1.54, 1.807) is 6.20 Å². The highest BCUT2D eigenvalue weighted by atomic mass is 16.5. The van der Waals surface area contributed by atoms with E-state index in [0.29, 0.717) is 11.7 Å². The Morgan fingerprint density at radius 1 is 1.36 bits per heavy atom. The van der Waals surface area contributed by atoms with Crippen LogP contribution in [0.3, 0.4) is 0 Å². The van der Waals surface area contributed by atoms with Crippen molar-refractivity contribution in [3.05, 3.63) is 47.8 Å². The third-order valence-corrected chi connectivity index (χ3v) is 3.93. The molecule has 0 aliphatic carbocycles. The fourth-order valence-corrected chi connectivity index (χ4v) is 2.82. The number of ether oxygens (including phenoxy) is 1. The molecule has 116 valence electrons. The summed E-state index contributed by atoms with van der Waals surface area (Å²) in [4.78, 5) is 12.9. The normalized spacial score (nSPS) is 18.5. The van der Waals surface area contributed by atoms with Gasteiger partial charge in [0.15, 0.2) is 6.61 Å². The van der Waals surface area contributed by atoms with Gasteiger partial charge in [-0.1, -0.05) is 12.1 Å². The Labute approximate surface area is 128 Å². The van der Waals surface area contributed by atoms with Crippen molar-refractivity contribution in [3.63, 3.8) is 0 Å². The van der Waals surface area contributed by atoms with Crippen molar-refractivity contribution in [1.82, 2.24) is 15.1 Å². The number of hydrogen-bond donors (Lipinski definition) is 2. The molecule has 1 aromatic carbocycles. The van der Waals surface area contributed by atoms with Gasteiger partial charge in [-0.2, -0.15) is 5.10 Å². The minimum Gasteiger partial charge on any atom is -0.482 e. The molecule has 2 aromatic rings. The molecule has 1 aliphatic rings. The quantitative estimate of drug-likeness (QED) is 0.851. The van der Waals surface area contributed by atoms with Crippen LogP contribution in [-0.2, 0) is 11.3 Å². The lowest BCUT2D eigenvalue weighted by Crippen LogP contribution is -2.19. The van der Waals surface area contributed by atoms with E-state index < -0.39 is 5.97 Å². The van der Waals surface area contributed by atoms with Crippen LogP contribution in [0.2, 0.25) is 0 Å². The van der Waals surface area contributed by atoms with Gasteiger partial charge in [-0.25, -0.2) is 4.79 Å². The summed E-state index contributed by atoms with van der Waals surface area (Å²) in [5.41, 5.74) is 2.41. The van der Waals surface area contributed by atoms with E-state index in [4.69, 9.17) is 9.84 Å². The number of carboxylic acid groups (broad SMARTS) is 1. The molecular formula is C16H19N3O3. The third-order valence-electron chi connectivity index (χ3n) is 3.93. The van der Waals surface area contributed by atoms with Crippen LogP contribution in [0, 0.1) is 0 Å². The summed E-state index contributed by atoms with van der Waals surface area (Å²) >= 11 is 0. The smallest absolute Gasteiger partial charge is 0.341 e. The van der Waals surface area contributed by atoms with Gasteiger partial charge in [0.25, 0.3) is 0 Å². The maximum Gasteiger partial charge on any atom is 0.341 e. The largest absolute Gasteiger partial charge is 0.482 e. The van der Waals surface area contributed by atoms with Gasteiger partial charge in [0.05, 0.1) is 0 Å². The summed E-state index contributed by atoms with van der Waals surface area (Å²) in [5.74, 6) is 0.148. The zero-order chi connectivity index (χ0) is 15.4. The van der Waals surface area contributed by atoms with Crippen molar-refractivity contribution in [2.24, 2.45) is 0 Å². The molecule has 0 radical (unpaired) electrons. The first-order valence-corrected chi connectivity index (χ1v) is 7.36. The van der Waals surface area contributed by atoms with Crippen LogP contribution in [-0.4, -0.2) is 45.9 Å². The van der Waals surface area contributed by atoms with Gasteiger partial charge in [0.2, 0.25) is 0 Å². The lowest BCUT2D eigenvalue weighted by Gasteiger charge is -2.16. The summed E-state index contributed by atoms with van der Waals surface area (Å²) in [6, 6.07) is 9.66. The van der Waals surface area contributed by atoms with E-state index in [-0.39, 0.29) is 6.61 Å². The molecule has 1 saturated heterocycles. The van der Waals surface area contributed by atoms with Crippen LogP contribution >= 0.6 is 0 Å². The molecule has 6 nitrogen and oxygen atoms in total. The van der Waals surface area contributed by atoms with Gasteiger partial charge in [-0.05, 0) is 36.7 Å². The van der Waals surface area contributed by atoms with E-state index in [0.717, 1.165) is 26.1 Å². The summed E-state index contributed by atoms with van der Waals surface area (Å²) in [6.45, 7) is 2.68. The summed E-state index contributed by atoms with van der Waals surface area (Å²) in [6.07, 6.45) is 2.94. The molecule has 0 unspecified atom stereocenters. The second-order valence-corrected chi connectivity index (χ2v) is 5.56. The molecule has 1 aromatic heterocycles. The number of carbonyl (C=O) groups is 1. The molecule has 0 spiro atoms. The van der Waals surface area contributed by atoms with Crippen LogP contribution in [0.1, 0.15) is 23.6 Å². The van der Waals surface area contributed by atoms with Crippen LogP contribution in [0.15, 0.2) is 36.5 Å². The lowest BCUT2D eigenvalue weighted by molar-refractivity contribution is -0.139. The maximum atomic E-state index is 10.5.